The van der Waals surface area contributed by atoms with Crippen molar-refractivity contribution in [1.82, 2.24) is 9.80 Å². The summed E-state index contributed by atoms with van der Waals surface area (Å²) in [4.78, 5) is 4.99. The number of benzene rings is 2. The quantitative estimate of drug-likeness (QED) is 0.439. The molecule has 0 N–H and O–H groups in total. The average molecular weight is 441 g/mol. The lowest BCUT2D eigenvalue weighted by atomic mass is 10.1. The van der Waals surface area contributed by atoms with Crippen LogP contribution in [0.2, 0.25) is 0 Å². The number of hydrogen-bond acceptors (Lipinski definition) is 6. The molecular formula is C25H32N2O3S. The van der Waals surface area contributed by atoms with E-state index in [4.69, 9.17) is 14.2 Å². The highest BCUT2D eigenvalue weighted by molar-refractivity contribution is 7.17. The van der Waals surface area contributed by atoms with Gasteiger partial charge in [-0.05, 0) is 52.6 Å². The molecule has 2 aromatic carbocycles. The summed E-state index contributed by atoms with van der Waals surface area (Å²) in [6.07, 6.45) is 0.976. The van der Waals surface area contributed by atoms with Gasteiger partial charge in [0.25, 0.3) is 0 Å². The Labute approximate surface area is 189 Å². The van der Waals surface area contributed by atoms with E-state index < -0.39 is 0 Å². The molecule has 0 saturated carbocycles. The monoisotopic (exact) mass is 440 g/mol. The molecule has 0 aliphatic carbocycles. The van der Waals surface area contributed by atoms with Crippen LogP contribution < -0.4 is 9.47 Å². The van der Waals surface area contributed by atoms with Crippen LogP contribution in [0.4, 0.5) is 0 Å². The third kappa shape index (κ3) is 6.20. The van der Waals surface area contributed by atoms with Crippen LogP contribution in [0.1, 0.15) is 11.1 Å². The molecule has 0 bridgehead atoms. The highest BCUT2D eigenvalue weighted by Crippen LogP contribution is 2.24. The molecule has 6 heteroatoms. The van der Waals surface area contributed by atoms with Gasteiger partial charge in [0, 0.05) is 50.0 Å². The van der Waals surface area contributed by atoms with Crippen molar-refractivity contribution in [2.75, 3.05) is 60.2 Å². The molecule has 5 nitrogen and oxygen atoms in total. The molecule has 1 aromatic heterocycles. The molecular weight excluding hydrogens is 408 g/mol. The normalized spacial score (nSPS) is 15.4. The fraction of sp³-hybridized carbons (Fsp3) is 0.440. The van der Waals surface area contributed by atoms with E-state index in [-0.39, 0.29) is 0 Å². The fourth-order valence-electron chi connectivity index (χ4n) is 4.04. The summed E-state index contributed by atoms with van der Waals surface area (Å²) < 4.78 is 18.1. The van der Waals surface area contributed by atoms with Gasteiger partial charge >= 0.3 is 0 Å². The predicted molar refractivity (Wildman–Crippen MR) is 128 cm³/mol. The third-order valence-electron chi connectivity index (χ3n) is 5.89. The van der Waals surface area contributed by atoms with Crippen molar-refractivity contribution in [3.8, 4) is 11.5 Å². The Hall–Kier alpha value is -2.12. The van der Waals surface area contributed by atoms with Crippen LogP contribution in [0.3, 0.4) is 0 Å². The van der Waals surface area contributed by atoms with Crippen molar-refractivity contribution in [1.29, 1.82) is 0 Å². The third-order valence-corrected chi connectivity index (χ3v) is 6.78. The Bertz CT molecular complexity index is 944. The summed E-state index contributed by atoms with van der Waals surface area (Å²) in [6.45, 7) is 7.82. The Balaban J connectivity index is 1.13. The second kappa shape index (κ2) is 11.0. The van der Waals surface area contributed by atoms with Crippen LogP contribution in [-0.2, 0) is 17.7 Å². The number of piperazine rings is 1. The average Bonchev–Trinajstić information content (AvgIpc) is 3.27. The molecule has 0 unspecified atom stereocenters. The Kier molecular flexibility index (Phi) is 7.81. The van der Waals surface area contributed by atoms with Gasteiger partial charge in [-0.2, -0.15) is 0 Å². The van der Waals surface area contributed by atoms with Gasteiger partial charge in [0.2, 0.25) is 0 Å². The van der Waals surface area contributed by atoms with Crippen LogP contribution >= 0.6 is 11.3 Å². The Morgan fingerprint density at radius 3 is 2.29 bits per heavy atom. The first-order chi connectivity index (χ1) is 15.2. The fourth-order valence-corrected chi connectivity index (χ4v) is 4.82. The summed E-state index contributed by atoms with van der Waals surface area (Å²) in [5.74, 6) is 1.70. The minimum atomic E-state index is 0.785. The summed E-state index contributed by atoms with van der Waals surface area (Å²) in [7, 11) is 3.39. The van der Waals surface area contributed by atoms with Crippen molar-refractivity contribution in [2.24, 2.45) is 0 Å². The first-order valence-corrected chi connectivity index (χ1v) is 11.8. The zero-order valence-electron chi connectivity index (χ0n) is 18.5. The second-order valence-electron chi connectivity index (χ2n) is 7.99. The largest absolute Gasteiger partial charge is 0.497 e. The van der Waals surface area contributed by atoms with Crippen molar-refractivity contribution in [2.45, 2.75) is 13.0 Å². The van der Waals surface area contributed by atoms with Gasteiger partial charge in [-0.15, -0.1) is 11.3 Å². The highest BCUT2D eigenvalue weighted by atomic mass is 32.1. The van der Waals surface area contributed by atoms with Gasteiger partial charge in [-0.3, -0.25) is 9.80 Å². The van der Waals surface area contributed by atoms with E-state index in [1.54, 1.807) is 25.6 Å². The van der Waals surface area contributed by atoms with Gasteiger partial charge in [-0.25, -0.2) is 0 Å². The minimum absolute atomic E-state index is 0.785. The van der Waals surface area contributed by atoms with Gasteiger partial charge in [0.1, 0.15) is 11.5 Å². The first-order valence-electron chi connectivity index (χ1n) is 10.9. The van der Waals surface area contributed by atoms with Crippen molar-refractivity contribution < 1.29 is 14.2 Å². The van der Waals surface area contributed by atoms with E-state index >= 15 is 0 Å². The van der Waals surface area contributed by atoms with E-state index in [0.29, 0.717) is 0 Å². The summed E-state index contributed by atoms with van der Waals surface area (Å²) in [5.41, 5.74) is 2.59. The number of ether oxygens (including phenoxy) is 3. The van der Waals surface area contributed by atoms with Gasteiger partial charge in [0.15, 0.2) is 0 Å². The van der Waals surface area contributed by atoms with Crippen molar-refractivity contribution in [3.05, 3.63) is 59.0 Å². The molecule has 0 amide bonds. The van der Waals surface area contributed by atoms with Crippen molar-refractivity contribution in [3.63, 3.8) is 0 Å². The van der Waals surface area contributed by atoms with Crippen LogP contribution in [0.15, 0.2) is 47.8 Å². The molecule has 1 aliphatic rings. The second-order valence-corrected chi connectivity index (χ2v) is 8.94. The van der Waals surface area contributed by atoms with Crippen LogP contribution in [0, 0.1) is 0 Å². The Morgan fingerprint density at radius 1 is 0.806 bits per heavy atom. The number of rotatable bonds is 10. The maximum Gasteiger partial charge on any atom is 0.122 e. The van der Waals surface area contributed by atoms with Gasteiger partial charge in [-0.1, -0.05) is 12.1 Å². The number of fused-ring (bicyclic) bond motifs is 1. The molecule has 166 valence electrons. The summed E-state index contributed by atoms with van der Waals surface area (Å²) in [6, 6.07) is 15.0. The van der Waals surface area contributed by atoms with Crippen molar-refractivity contribution >= 4 is 21.4 Å². The van der Waals surface area contributed by atoms with Gasteiger partial charge < -0.3 is 14.2 Å². The molecule has 1 fully saturated rings. The SMILES string of the molecule is COc1cc(CN2CCN(CCOCCc3ccc4sccc4c3)CC2)cc(OC)c1. The molecule has 2 heterocycles. The molecule has 0 radical (unpaired) electrons. The number of nitrogens with zero attached hydrogens (tertiary/aromatic N) is 2. The van der Waals surface area contributed by atoms with Crippen LogP contribution in [0.5, 0.6) is 11.5 Å². The topological polar surface area (TPSA) is 34.2 Å². The highest BCUT2D eigenvalue weighted by Gasteiger charge is 2.17. The van der Waals surface area contributed by atoms with Gasteiger partial charge in [0.05, 0.1) is 27.4 Å². The molecule has 3 aromatic rings. The van der Waals surface area contributed by atoms with E-state index in [1.165, 1.54) is 21.2 Å². The van der Waals surface area contributed by atoms with Crippen LogP contribution in [-0.4, -0.2) is 70.0 Å². The summed E-state index contributed by atoms with van der Waals surface area (Å²) in [5, 5.41) is 3.49. The maximum absolute atomic E-state index is 5.93. The standard InChI is InChI=1S/C25H32N2O3S/c1-28-23-16-21(17-24(18-23)29-2)19-27-9-7-26(8-10-27)11-13-30-12-5-20-3-4-25-22(15-20)6-14-31-25/h3-4,6,14-18H,5,7-13,19H2,1-2H3. The molecule has 1 aliphatic heterocycles. The number of hydrogen-bond donors (Lipinski definition) is 0. The first kappa shape index (κ1) is 22.1. The lowest BCUT2D eigenvalue weighted by Crippen LogP contribution is -2.46. The summed E-state index contributed by atoms with van der Waals surface area (Å²) >= 11 is 1.80. The van der Waals surface area contributed by atoms with E-state index in [0.717, 1.165) is 70.4 Å². The molecule has 4 rings (SSSR count). The molecule has 1 saturated heterocycles. The zero-order valence-corrected chi connectivity index (χ0v) is 19.3. The lowest BCUT2D eigenvalue weighted by molar-refractivity contribution is 0.0747. The Morgan fingerprint density at radius 2 is 1.55 bits per heavy atom. The molecule has 0 spiro atoms. The van der Waals surface area contributed by atoms with E-state index in [1.807, 2.05) is 6.07 Å². The predicted octanol–water partition coefficient (Wildman–Crippen LogP) is 4.30. The smallest absolute Gasteiger partial charge is 0.122 e. The molecule has 31 heavy (non-hydrogen) atoms. The van der Waals surface area contributed by atoms with E-state index in [9.17, 15) is 0 Å². The van der Waals surface area contributed by atoms with E-state index in [2.05, 4.69) is 51.6 Å². The number of thiophene rings is 1. The maximum atomic E-state index is 5.93. The molecule has 0 atom stereocenters. The number of methoxy groups -OCH3 is 2. The van der Waals surface area contributed by atoms with Crippen LogP contribution in [0.25, 0.3) is 10.1 Å². The lowest BCUT2D eigenvalue weighted by Gasteiger charge is -2.34. The minimum Gasteiger partial charge on any atom is -0.497 e. The zero-order chi connectivity index (χ0) is 21.5.